The summed E-state index contributed by atoms with van der Waals surface area (Å²) in [6.45, 7) is 3.57. The van der Waals surface area contributed by atoms with Crippen LogP contribution in [0.3, 0.4) is 0 Å². The maximum atomic E-state index is 11.6. The first-order chi connectivity index (χ1) is 8.88. The molecule has 1 rings (SSSR count). The molecule has 0 aliphatic rings. The third kappa shape index (κ3) is 4.88. The van der Waals surface area contributed by atoms with Gasteiger partial charge in [-0.1, -0.05) is 6.92 Å². The van der Waals surface area contributed by atoms with E-state index in [1.165, 1.54) is 0 Å². The number of hydrogen-bond donors (Lipinski definition) is 3. The van der Waals surface area contributed by atoms with Crippen LogP contribution in [0.1, 0.15) is 13.8 Å². The van der Waals surface area contributed by atoms with Gasteiger partial charge in [0.05, 0.1) is 5.75 Å². The predicted octanol–water partition coefficient (Wildman–Crippen LogP) is 0.982. The lowest BCUT2D eigenvalue weighted by molar-refractivity contribution is -0.119. The standard InChI is InChI=1S/C12H19N3O3S/c1-3-19(17,18)15-11-6-4-10(5-7-11)14-12(16)9(2)8-13/h4-7,9,15H,3,8,13H2,1-2H3,(H,14,16). The second-order valence-electron chi connectivity index (χ2n) is 4.21. The maximum absolute atomic E-state index is 11.6. The minimum absolute atomic E-state index is 0.0134. The van der Waals surface area contributed by atoms with Crippen LogP contribution in [0.4, 0.5) is 11.4 Å². The Bertz CT molecular complexity index is 526. The summed E-state index contributed by atoms with van der Waals surface area (Å²) < 4.78 is 25.2. The van der Waals surface area contributed by atoms with Crippen LogP contribution in [0.2, 0.25) is 0 Å². The Morgan fingerprint density at radius 3 is 2.26 bits per heavy atom. The van der Waals surface area contributed by atoms with Crippen molar-refractivity contribution in [1.29, 1.82) is 0 Å². The highest BCUT2D eigenvalue weighted by Gasteiger charge is 2.11. The number of carbonyl (C=O) groups excluding carboxylic acids is 1. The van der Waals surface area contributed by atoms with E-state index in [9.17, 15) is 13.2 Å². The maximum Gasteiger partial charge on any atom is 0.232 e. The largest absolute Gasteiger partial charge is 0.330 e. The lowest BCUT2D eigenvalue weighted by Gasteiger charge is -2.11. The van der Waals surface area contributed by atoms with Gasteiger partial charge in [-0.2, -0.15) is 0 Å². The second kappa shape index (κ2) is 6.53. The van der Waals surface area contributed by atoms with Crippen LogP contribution in [-0.4, -0.2) is 26.6 Å². The highest BCUT2D eigenvalue weighted by molar-refractivity contribution is 7.92. The molecule has 1 unspecified atom stereocenters. The fourth-order valence-corrected chi connectivity index (χ4v) is 1.89. The second-order valence-corrected chi connectivity index (χ2v) is 6.22. The first kappa shape index (κ1) is 15.5. The summed E-state index contributed by atoms with van der Waals surface area (Å²) in [4.78, 5) is 11.6. The Labute approximate surface area is 113 Å². The van der Waals surface area contributed by atoms with Crippen LogP contribution < -0.4 is 15.8 Å². The molecule has 0 radical (unpaired) electrons. The smallest absolute Gasteiger partial charge is 0.232 e. The molecule has 0 fully saturated rings. The highest BCUT2D eigenvalue weighted by Crippen LogP contribution is 2.15. The van der Waals surface area contributed by atoms with Crippen molar-refractivity contribution in [3.05, 3.63) is 24.3 Å². The van der Waals surface area contributed by atoms with Gasteiger partial charge in [-0.25, -0.2) is 8.42 Å². The van der Waals surface area contributed by atoms with Crippen LogP contribution in [0.5, 0.6) is 0 Å². The number of nitrogens with two attached hydrogens (primary N) is 1. The lowest BCUT2D eigenvalue weighted by atomic mass is 10.1. The van der Waals surface area contributed by atoms with Gasteiger partial charge < -0.3 is 11.1 Å². The molecule has 1 atom stereocenters. The Morgan fingerprint density at radius 2 is 1.79 bits per heavy atom. The third-order valence-corrected chi connectivity index (χ3v) is 3.91. The van der Waals surface area contributed by atoms with Gasteiger partial charge in [-0.3, -0.25) is 9.52 Å². The van der Waals surface area contributed by atoms with E-state index in [2.05, 4.69) is 10.0 Å². The first-order valence-corrected chi connectivity index (χ1v) is 7.64. The van der Waals surface area contributed by atoms with Crippen molar-refractivity contribution >= 4 is 27.3 Å². The number of anilines is 2. The molecule has 1 aromatic carbocycles. The molecule has 106 valence electrons. The molecule has 19 heavy (non-hydrogen) atoms. The average molecular weight is 285 g/mol. The summed E-state index contributed by atoms with van der Waals surface area (Å²) in [6, 6.07) is 6.45. The molecule has 0 saturated heterocycles. The topological polar surface area (TPSA) is 101 Å². The number of nitrogens with one attached hydrogen (secondary N) is 2. The molecule has 0 heterocycles. The van der Waals surface area contributed by atoms with Crippen molar-refractivity contribution in [2.45, 2.75) is 13.8 Å². The van der Waals surface area contributed by atoms with Crippen molar-refractivity contribution in [1.82, 2.24) is 0 Å². The summed E-state index contributed by atoms with van der Waals surface area (Å²) in [5.41, 5.74) is 6.46. The average Bonchev–Trinajstić information content (AvgIpc) is 2.39. The fourth-order valence-electron chi connectivity index (χ4n) is 1.25. The minimum Gasteiger partial charge on any atom is -0.330 e. The van der Waals surface area contributed by atoms with Gasteiger partial charge in [-0.05, 0) is 31.2 Å². The monoisotopic (exact) mass is 285 g/mol. The van der Waals surface area contributed by atoms with Crippen molar-refractivity contribution in [3.63, 3.8) is 0 Å². The number of amides is 1. The molecule has 0 spiro atoms. The minimum atomic E-state index is -3.28. The number of hydrogen-bond acceptors (Lipinski definition) is 4. The molecule has 0 aliphatic carbocycles. The Balaban J connectivity index is 2.69. The number of carbonyl (C=O) groups is 1. The van der Waals surface area contributed by atoms with E-state index in [0.717, 1.165) is 0 Å². The van der Waals surface area contributed by atoms with Crippen LogP contribution in [0, 0.1) is 5.92 Å². The molecule has 0 saturated carbocycles. The molecule has 4 N–H and O–H groups in total. The zero-order chi connectivity index (χ0) is 14.5. The van der Waals surface area contributed by atoms with E-state index >= 15 is 0 Å². The summed E-state index contributed by atoms with van der Waals surface area (Å²) in [5, 5.41) is 2.70. The van der Waals surface area contributed by atoms with Gasteiger partial charge in [0.1, 0.15) is 0 Å². The van der Waals surface area contributed by atoms with E-state index in [-0.39, 0.29) is 24.1 Å². The van der Waals surface area contributed by atoms with E-state index in [4.69, 9.17) is 5.73 Å². The number of sulfonamides is 1. The molecule has 0 aliphatic heterocycles. The van der Waals surface area contributed by atoms with Crippen LogP contribution in [0.15, 0.2) is 24.3 Å². The molecule has 6 nitrogen and oxygen atoms in total. The van der Waals surface area contributed by atoms with Crippen molar-refractivity contribution < 1.29 is 13.2 Å². The SMILES string of the molecule is CCS(=O)(=O)Nc1ccc(NC(=O)C(C)CN)cc1. The lowest BCUT2D eigenvalue weighted by Crippen LogP contribution is -2.26. The van der Waals surface area contributed by atoms with Gasteiger partial charge in [0.2, 0.25) is 15.9 Å². The molecule has 0 aromatic heterocycles. The van der Waals surface area contributed by atoms with Crippen LogP contribution in [0.25, 0.3) is 0 Å². The fraction of sp³-hybridized carbons (Fsp3) is 0.417. The highest BCUT2D eigenvalue weighted by atomic mass is 32.2. The molecule has 0 bridgehead atoms. The van der Waals surface area contributed by atoms with E-state index in [0.29, 0.717) is 11.4 Å². The summed E-state index contributed by atoms with van der Waals surface area (Å²) >= 11 is 0. The zero-order valence-electron chi connectivity index (χ0n) is 11.0. The van der Waals surface area contributed by atoms with Gasteiger partial charge in [0.15, 0.2) is 0 Å². The van der Waals surface area contributed by atoms with Gasteiger partial charge in [0, 0.05) is 23.8 Å². The summed E-state index contributed by atoms with van der Waals surface area (Å²) in [7, 11) is -3.28. The van der Waals surface area contributed by atoms with Gasteiger partial charge in [0.25, 0.3) is 0 Å². The number of benzene rings is 1. The van der Waals surface area contributed by atoms with Crippen molar-refractivity contribution in [3.8, 4) is 0 Å². The van der Waals surface area contributed by atoms with Crippen molar-refractivity contribution in [2.75, 3.05) is 22.3 Å². The molecule has 1 aromatic rings. The molecule has 1 amide bonds. The first-order valence-electron chi connectivity index (χ1n) is 5.99. The summed E-state index contributed by atoms with van der Waals surface area (Å²) in [6.07, 6.45) is 0. The molecular formula is C12H19N3O3S. The Morgan fingerprint density at radius 1 is 1.26 bits per heavy atom. The Hall–Kier alpha value is -1.60. The van der Waals surface area contributed by atoms with Crippen LogP contribution >= 0.6 is 0 Å². The van der Waals surface area contributed by atoms with Crippen LogP contribution in [-0.2, 0) is 14.8 Å². The van der Waals surface area contributed by atoms with E-state index in [1.807, 2.05) is 0 Å². The Kier molecular flexibility index (Phi) is 5.31. The van der Waals surface area contributed by atoms with Gasteiger partial charge >= 0.3 is 0 Å². The normalized spacial score (nSPS) is 12.8. The number of rotatable bonds is 6. The summed E-state index contributed by atoms with van der Waals surface area (Å²) in [5.74, 6) is -0.415. The third-order valence-electron chi connectivity index (χ3n) is 2.61. The van der Waals surface area contributed by atoms with Gasteiger partial charge in [-0.15, -0.1) is 0 Å². The zero-order valence-corrected chi connectivity index (χ0v) is 11.8. The predicted molar refractivity (Wildman–Crippen MR) is 76.4 cm³/mol. The van der Waals surface area contributed by atoms with E-state index < -0.39 is 10.0 Å². The molecule has 7 heteroatoms. The van der Waals surface area contributed by atoms with E-state index in [1.54, 1.807) is 38.1 Å². The van der Waals surface area contributed by atoms with Crippen molar-refractivity contribution in [2.24, 2.45) is 11.7 Å². The quantitative estimate of drug-likeness (QED) is 0.725. The molecular weight excluding hydrogens is 266 g/mol.